The Hall–Kier alpha value is -2.66. The molecule has 1 aliphatic heterocycles. The molecule has 0 saturated carbocycles. The highest BCUT2D eigenvalue weighted by molar-refractivity contribution is 7.89. The minimum atomic E-state index is -4.00. The van der Waals surface area contributed by atoms with E-state index >= 15 is 0 Å². The highest BCUT2D eigenvalue weighted by atomic mass is 32.2. The van der Waals surface area contributed by atoms with Crippen LogP contribution in [0.1, 0.15) is 50.9 Å². The van der Waals surface area contributed by atoms with E-state index in [2.05, 4.69) is 0 Å². The molecule has 1 atom stereocenters. The van der Waals surface area contributed by atoms with Gasteiger partial charge in [-0.1, -0.05) is 31.5 Å². The number of benzene rings is 2. The monoisotopic (exact) mass is 546 g/mol. The molecule has 10 heteroatoms. The Labute approximate surface area is 220 Å². The molecular weight excluding hydrogens is 512 g/mol. The fourth-order valence-corrected chi connectivity index (χ4v) is 7.84. The van der Waals surface area contributed by atoms with E-state index in [9.17, 15) is 16.8 Å². The fourth-order valence-electron chi connectivity index (χ4n) is 4.69. The average Bonchev–Trinajstić information content (AvgIpc) is 3.43. The van der Waals surface area contributed by atoms with Gasteiger partial charge in [0.2, 0.25) is 20.0 Å². The summed E-state index contributed by atoms with van der Waals surface area (Å²) in [6, 6.07) is 16.2. The number of furan rings is 1. The van der Waals surface area contributed by atoms with Crippen LogP contribution in [-0.2, 0) is 33.1 Å². The van der Waals surface area contributed by atoms with Crippen molar-refractivity contribution in [3.8, 4) is 5.75 Å². The number of rotatable bonds is 11. The summed E-state index contributed by atoms with van der Waals surface area (Å²) < 4.78 is 68.3. The lowest BCUT2D eigenvalue weighted by atomic mass is 10.0. The zero-order valence-corrected chi connectivity index (χ0v) is 22.9. The third-order valence-corrected chi connectivity index (χ3v) is 10.4. The van der Waals surface area contributed by atoms with Gasteiger partial charge >= 0.3 is 0 Å². The number of hydrogen-bond acceptors (Lipinski definition) is 6. The van der Waals surface area contributed by atoms with Crippen molar-refractivity contribution in [1.82, 2.24) is 8.61 Å². The first-order valence-electron chi connectivity index (χ1n) is 12.6. The van der Waals surface area contributed by atoms with Gasteiger partial charge in [-0.3, -0.25) is 0 Å². The van der Waals surface area contributed by atoms with Crippen LogP contribution in [0.2, 0.25) is 0 Å². The van der Waals surface area contributed by atoms with Gasteiger partial charge in [-0.15, -0.1) is 0 Å². The van der Waals surface area contributed by atoms with Gasteiger partial charge in [-0.25, -0.2) is 16.8 Å². The molecule has 0 radical (unpaired) electrons. The normalized spacial score (nSPS) is 17.2. The number of piperidine rings is 1. The third-order valence-electron chi connectivity index (χ3n) is 6.64. The molecule has 1 fully saturated rings. The van der Waals surface area contributed by atoms with Crippen LogP contribution in [0.25, 0.3) is 0 Å². The SMILES string of the molecule is CCOc1ccccc1CN(Cc1ccco1)S(=O)(=O)c1ccc(S(=O)(=O)N2CCCC[C@@H]2CC)cc1. The summed E-state index contributed by atoms with van der Waals surface area (Å²) in [6.45, 7) is 4.87. The molecule has 0 unspecified atom stereocenters. The molecular formula is C27H34N2O6S2. The third kappa shape index (κ3) is 6.09. The van der Waals surface area contributed by atoms with Crippen LogP contribution in [0.5, 0.6) is 5.75 Å². The Balaban J connectivity index is 1.64. The van der Waals surface area contributed by atoms with Crippen LogP contribution in [0.3, 0.4) is 0 Å². The zero-order valence-electron chi connectivity index (χ0n) is 21.2. The summed E-state index contributed by atoms with van der Waals surface area (Å²) in [6.07, 6.45) is 4.93. The lowest BCUT2D eigenvalue weighted by Gasteiger charge is -2.34. The molecule has 8 nitrogen and oxygen atoms in total. The topological polar surface area (TPSA) is 97.1 Å². The maximum atomic E-state index is 13.8. The van der Waals surface area contributed by atoms with Crippen molar-refractivity contribution in [2.24, 2.45) is 0 Å². The van der Waals surface area contributed by atoms with Crippen molar-refractivity contribution in [2.45, 2.75) is 68.5 Å². The molecule has 0 aliphatic carbocycles. The van der Waals surface area contributed by atoms with Gasteiger partial charge in [-0.2, -0.15) is 8.61 Å². The van der Waals surface area contributed by atoms with Crippen molar-refractivity contribution in [3.05, 3.63) is 78.3 Å². The van der Waals surface area contributed by atoms with Crippen LogP contribution in [0.4, 0.5) is 0 Å². The molecule has 1 saturated heterocycles. The molecule has 0 spiro atoms. The first kappa shape index (κ1) is 27.4. The molecule has 4 rings (SSSR count). The van der Waals surface area contributed by atoms with Gasteiger partial charge in [0.1, 0.15) is 11.5 Å². The van der Waals surface area contributed by atoms with E-state index in [1.54, 1.807) is 22.5 Å². The minimum Gasteiger partial charge on any atom is -0.494 e. The van der Waals surface area contributed by atoms with Gasteiger partial charge in [-0.05, 0) is 68.7 Å². The number of para-hydroxylation sites is 1. The second kappa shape index (κ2) is 11.8. The summed E-state index contributed by atoms with van der Waals surface area (Å²) in [4.78, 5) is 0.114. The van der Waals surface area contributed by atoms with Crippen molar-refractivity contribution in [2.75, 3.05) is 13.2 Å². The molecule has 37 heavy (non-hydrogen) atoms. The highest BCUT2D eigenvalue weighted by Crippen LogP contribution is 2.29. The Morgan fingerprint density at radius 1 is 0.919 bits per heavy atom. The smallest absolute Gasteiger partial charge is 0.243 e. The summed E-state index contributed by atoms with van der Waals surface area (Å²) in [5.74, 6) is 1.10. The molecule has 2 aromatic carbocycles. The number of ether oxygens (including phenoxy) is 1. The first-order chi connectivity index (χ1) is 17.8. The lowest BCUT2D eigenvalue weighted by Crippen LogP contribution is -2.43. The first-order valence-corrected chi connectivity index (χ1v) is 15.5. The standard InChI is InChI=1S/C27H34N2O6S2/c1-3-23-11-7-8-18-29(23)37(32,33)26-16-14-25(15-17-26)36(30,31)28(21-24-12-9-19-35-24)20-22-10-5-6-13-27(22)34-4-2/h5-6,9-10,12-17,19,23H,3-4,7-8,11,18,20-21H2,1-2H3/t23-/m0/s1. The van der Waals surface area contributed by atoms with E-state index in [-0.39, 0.29) is 28.9 Å². The van der Waals surface area contributed by atoms with Gasteiger partial charge in [0.05, 0.1) is 29.2 Å². The van der Waals surface area contributed by atoms with Crippen LogP contribution in [0.15, 0.2) is 81.1 Å². The average molecular weight is 547 g/mol. The molecule has 1 aromatic heterocycles. The fraction of sp³-hybridized carbons (Fsp3) is 0.407. The largest absolute Gasteiger partial charge is 0.494 e. The van der Waals surface area contributed by atoms with Crippen molar-refractivity contribution in [3.63, 3.8) is 0 Å². The highest BCUT2D eigenvalue weighted by Gasteiger charge is 2.33. The summed E-state index contributed by atoms with van der Waals surface area (Å²) in [7, 11) is -7.71. The molecule has 2 heterocycles. The summed E-state index contributed by atoms with van der Waals surface area (Å²) >= 11 is 0. The quantitative estimate of drug-likeness (QED) is 0.335. The van der Waals surface area contributed by atoms with Crippen LogP contribution in [-0.4, -0.2) is 44.6 Å². The Morgan fingerprint density at radius 3 is 2.32 bits per heavy atom. The lowest BCUT2D eigenvalue weighted by molar-refractivity contribution is 0.246. The molecule has 200 valence electrons. The van der Waals surface area contributed by atoms with Gasteiger partial charge in [0.15, 0.2) is 0 Å². The maximum absolute atomic E-state index is 13.8. The Kier molecular flexibility index (Phi) is 8.74. The molecule has 1 aliphatic rings. The summed E-state index contributed by atoms with van der Waals surface area (Å²) in [5, 5.41) is 0. The minimum absolute atomic E-state index is 0.0117. The predicted octanol–water partition coefficient (Wildman–Crippen LogP) is 5.02. The van der Waals surface area contributed by atoms with E-state index in [4.69, 9.17) is 9.15 Å². The molecule has 0 amide bonds. The summed E-state index contributed by atoms with van der Waals surface area (Å²) in [5.41, 5.74) is 0.717. The van der Waals surface area contributed by atoms with E-state index in [0.717, 1.165) is 31.2 Å². The predicted molar refractivity (Wildman–Crippen MR) is 141 cm³/mol. The van der Waals surface area contributed by atoms with Gasteiger partial charge in [0, 0.05) is 24.7 Å². The second-order valence-electron chi connectivity index (χ2n) is 9.04. The van der Waals surface area contributed by atoms with Crippen molar-refractivity contribution < 1.29 is 26.0 Å². The van der Waals surface area contributed by atoms with E-state index in [1.165, 1.54) is 34.8 Å². The molecule has 0 N–H and O–H groups in total. The Morgan fingerprint density at radius 2 is 1.65 bits per heavy atom. The molecule has 3 aromatic rings. The van der Waals surface area contributed by atoms with Crippen LogP contribution >= 0.6 is 0 Å². The van der Waals surface area contributed by atoms with E-state index in [0.29, 0.717) is 24.7 Å². The van der Waals surface area contributed by atoms with E-state index < -0.39 is 20.0 Å². The molecule has 0 bridgehead atoms. The van der Waals surface area contributed by atoms with Crippen LogP contribution in [0, 0.1) is 0 Å². The Bertz CT molecular complexity index is 1370. The maximum Gasteiger partial charge on any atom is 0.243 e. The van der Waals surface area contributed by atoms with Gasteiger partial charge < -0.3 is 9.15 Å². The van der Waals surface area contributed by atoms with E-state index in [1.807, 2.05) is 32.0 Å². The van der Waals surface area contributed by atoms with Crippen molar-refractivity contribution >= 4 is 20.0 Å². The van der Waals surface area contributed by atoms with Crippen molar-refractivity contribution in [1.29, 1.82) is 0 Å². The number of nitrogens with zero attached hydrogens (tertiary/aromatic N) is 2. The second-order valence-corrected chi connectivity index (χ2v) is 12.9. The van der Waals surface area contributed by atoms with Crippen LogP contribution < -0.4 is 4.74 Å². The van der Waals surface area contributed by atoms with Gasteiger partial charge in [0.25, 0.3) is 0 Å². The number of sulfonamides is 2. The number of hydrogen-bond donors (Lipinski definition) is 0. The zero-order chi connectivity index (χ0) is 26.5.